The van der Waals surface area contributed by atoms with Gasteiger partial charge in [-0.2, -0.15) is 5.10 Å². The van der Waals surface area contributed by atoms with Gasteiger partial charge in [-0.05, 0) is 55.7 Å². The van der Waals surface area contributed by atoms with Gasteiger partial charge >= 0.3 is 0 Å². The molecule has 1 amide bonds. The van der Waals surface area contributed by atoms with Crippen LogP contribution in [-0.2, 0) is 11.8 Å². The number of benzene rings is 1. The van der Waals surface area contributed by atoms with E-state index in [4.69, 9.17) is 4.98 Å². The molecule has 0 bridgehead atoms. The van der Waals surface area contributed by atoms with E-state index in [2.05, 4.69) is 17.2 Å². The summed E-state index contributed by atoms with van der Waals surface area (Å²) in [4.78, 5) is 21.4. The summed E-state index contributed by atoms with van der Waals surface area (Å²) in [6, 6.07) is 10.7. The molecule has 0 atom stereocenters. The lowest BCUT2D eigenvalue weighted by Gasteiger charge is -2.32. The van der Waals surface area contributed by atoms with Crippen molar-refractivity contribution in [2.75, 3.05) is 31.6 Å². The first-order valence-corrected chi connectivity index (χ1v) is 11.1. The predicted molar refractivity (Wildman–Crippen MR) is 124 cm³/mol. The van der Waals surface area contributed by atoms with Gasteiger partial charge in [0.2, 0.25) is 5.91 Å². The summed E-state index contributed by atoms with van der Waals surface area (Å²) in [5.41, 5.74) is 5.11. The number of aryl methyl sites for hydroxylation is 2. The number of hydrogen-bond donors (Lipinski definition) is 0. The van der Waals surface area contributed by atoms with Crippen molar-refractivity contribution in [3.05, 3.63) is 66.0 Å². The number of rotatable bonds is 6. The zero-order chi connectivity index (χ0) is 22.7. The maximum absolute atomic E-state index is 13.4. The van der Waals surface area contributed by atoms with Gasteiger partial charge in [0.1, 0.15) is 5.82 Å². The third kappa shape index (κ3) is 5.15. The standard InChI is InChI=1S/C25H30FN5O/c1-18-13-20(21-16-27-30(3)17-21)14-24(28-18)19-7-11-31(12-8-19)25(32)9-10-29(2)23-6-4-5-22(26)15-23/h4-6,13-17,19H,7-12H2,1-3H3. The van der Waals surface area contributed by atoms with E-state index in [-0.39, 0.29) is 11.7 Å². The summed E-state index contributed by atoms with van der Waals surface area (Å²) in [5, 5.41) is 4.28. The van der Waals surface area contributed by atoms with E-state index in [1.165, 1.54) is 12.1 Å². The first kappa shape index (κ1) is 22.0. The average molecular weight is 436 g/mol. The van der Waals surface area contributed by atoms with Crippen molar-refractivity contribution in [3.8, 4) is 11.1 Å². The highest BCUT2D eigenvalue weighted by atomic mass is 19.1. The topological polar surface area (TPSA) is 54.3 Å². The second-order valence-corrected chi connectivity index (χ2v) is 8.63. The molecule has 0 spiro atoms. The van der Waals surface area contributed by atoms with Crippen LogP contribution in [0.25, 0.3) is 11.1 Å². The number of pyridine rings is 1. The van der Waals surface area contributed by atoms with Crippen LogP contribution < -0.4 is 4.90 Å². The fourth-order valence-electron chi connectivity index (χ4n) is 4.33. The number of aromatic nitrogens is 3. The van der Waals surface area contributed by atoms with E-state index in [1.54, 1.807) is 10.7 Å². The molecule has 4 rings (SSSR count). The lowest BCUT2D eigenvalue weighted by molar-refractivity contribution is -0.132. The Balaban J connectivity index is 1.33. The van der Waals surface area contributed by atoms with Crippen LogP contribution in [0.2, 0.25) is 0 Å². The molecule has 1 fully saturated rings. The Labute approximate surface area is 188 Å². The lowest BCUT2D eigenvalue weighted by Crippen LogP contribution is -2.39. The number of anilines is 1. The Morgan fingerprint density at radius 1 is 1.19 bits per heavy atom. The third-order valence-corrected chi connectivity index (χ3v) is 6.19. The van der Waals surface area contributed by atoms with E-state index in [9.17, 15) is 9.18 Å². The molecule has 3 heterocycles. The summed E-state index contributed by atoms with van der Waals surface area (Å²) >= 11 is 0. The minimum Gasteiger partial charge on any atom is -0.374 e. The molecule has 1 aliphatic heterocycles. The first-order valence-electron chi connectivity index (χ1n) is 11.1. The molecule has 1 aliphatic rings. The second-order valence-electron chi connectivity index (χ2n) is 8.63. The summed E-state index contributed by atoms with van der Waals surface area (Å²) in [5.74, 6) is 0.239. The summed E-state index contributed by atoms with van der Waals surface area (Å²) in [6.07, 6.45) is 6.13. The van der Waals surface area contributed by atoms with Gasteiger partial charge in [-0.1, -0.05) is 6.07 Å². The van der Waals surface area contributed by atoms with Crippen LogP contribution in [-0.4, -0.2) is 52.3 Å². The smallest absolute Gasteiger partial charge is 0.224 e. The van der Waals surface area contributed by atoms with Crippen LogP contribution in [0.5, 0.6) is 0 Å². The number of carbonyl (C=O) groups excluding carboxylic acids is 1. The normalized spacial score (nSPS) is 14.6. The average Bonchev–Trinajstić information content (AvgIpc) is 3.23. The summed E-state index contributed by atoms with van der Waals surface area (Å²) in [7, 11) is 3.80. The molecule has 3 aromatic rings. The Bertz CT molecular complexity index is 1090. The highest BCUT2D eigenvalue weighted by Crippen LogP contribution is 2.30. The first-order chi connectivity index (χ1) is 15.4. The SMILES string of the molecule is Cc1cc(-c2cnn(C)c2)cc(C2CCN(C(=O)CCN(C)c3cccc(F)c3)CC2)n1. The fraction of sp³-hybridized carbons (Fsp3) is 0.400. The largest absolute Gasteiger partial charge is 0.374 e. The second kappa shape index (κ2) is 9.51. The lowest BCUT2D eigenvalue weighted by atomic mass is 9.91. The van der Waals surface area contributed by atoms with Crippen LogP contribution in [0, 0.1) is 12.7 Å². The predicted octanol–water partition coefficient (Wildman–Crippen LogP) is 4.16. The molecule has 1 saturated heterocycles. The molecule has 2 aromatic heterocycles. The van der Waals surface area contributed by atoms with Gasteiger partial charge in [0.05, 0.1) is 6.20 Å². The molecule has 0 radical (unpaired) electrons. The Morgan fingerprint density at radius 2 is 1.97 bits per heavy atom. The van der Waals surface area contributed by atoms with Crippen molar-refractivity contribution in [1.29, 1.82) is 0 Å². The van der Waals surface area contributed by atoms with Crippen LogP contribution in [0.15, 0.2) is 48.8 Å². The minimum atomic E-state index is -0.265. The number of halogens is 1. The molecule has 168 valence electrons. The van der Waals surface area contributed by atoms with Crippen LogP contribution in [0.3, 0.4) is 0 Å². The van der Waals surface area contributed by atoms with Gasteiger partial charge in [-0.25, -0.2) is 4.39 Å². The van der Waals surface area contributed by atoms with Crippen molar-refractivity contribution >= 4 is 11.6 Å². The highest BCUT2D eigenvalue weighted by molar-refractivity contribution is 5.77. The minimum absolute atomic E-state index is 0.153. The van der Waals surface area contributed by atoms with Gasteiger partial charge in [0, 0.05) is 74.9 Å². The molecule has 6 nitrogen and oxygen atoms in total. The molecule has 0 saturated carbocycles. The van der Waals surface area contributed by atoms with Gasteiger partial charge < -0.3 is 9.80 Å². The van der Waals surface area contributed by atoms with Gasteiger partial charge in [-0.15, -0.1) is 0 Å². The molecular formula is C25H30FN5O. The quantitative estimate of drug-likeness (QED) is 0.583. The molecule has 0 aliphatic carbocycles. The van der Waals surface area contributed by atoms with Crippen molar-refractivity contribution in [3.63, 3.8) is 0 Å². The zero-order valence-corrected chi connectivity index (χ0v) is 19.0. The van der Waals surface area contributed by atoms with Crippen LogP contribution >= 0.6 is 0 Å². The Kier molecular flexibility index (Phi) is 6.53. The van der Waals surface area contributed by atoms with Crippen molar-refractivity contribution < 1.29 is 9.18 Å². The van der Waals surface area contributed by atoms with Gasteiger partial charge in [-0.3, -0.25) is 14.5 Å². The van der Waals surface area contributed by atoms with E-state index in [0.717, 1.165) is 54.1 Å². The number of hydrogen-bond acceptors (Lipinski definition) is 4. The Hall–Kier alpha value is -3.22. The van der Waals surface area contributed by atoms with Crippen molar-refractivity contribution in [1.82, 2.24) is 19.7 Å². The molecule has 7 heteroatoms. The van der Waals surface area contributed by atoms with Crippen LogP contribution in [0.1, 0.15) is 36.6 Å². The highest BCUT2D eigenvalue weighted by Gasteiger charge is 2.25. The maximum Gasteiger partial charge on any atom is 0.224 e. The molecule has 0 unspecified atom stereocenters. The maximum atomic E-state index is 13.4. The van der Waals surface area contributed by atoms with Crippen molar-refractivity contribution in [2.24, 2.45) is 7.05 Å². The molecule has 1 aromatic carbocycles. The zero-order valence-electron chi connectivity index (χ0n) is 19.0. The van der Waals surface area contributed by atoms with E-state index < -0.39 is 0 Å². The number of piperidine rings is 1. The molecular weight excluding hydrogens is 405 g/mol. The monoisotopic (exact) mass is 435 g/mol. The molecule has 0 N–H and O–H groups in total. The number of nitrogens with zero attached hydrogens (tertiary/aromatic N) is 5. The number of likely N-dealkylation sites (tertiary alicyclic amines) is 1. The van der Waals surface area contributed by atoms with Gasteiger partial charge in [0.25, 0.3) is 0 Å². The summed E-state index contributed by atoms with van der Waals surface area (Å²) in [6.45, 7) is 4.07. The third-order valence-electron chi connectivity index (χ3n) is 6.19. The van der Waals surface area contributed by atoms with Crippen molar-refractivity contribution in [2.45, 2.75) is 32.1 Å². The van der Waals surface area contributed by atoms with E-state index >= 15 is 0 Å². The Morgan fingerprint density at radius 3 is 2.66 bits per heavy atom. The van der Waals surface area contributed by atoms with Crippen LogP contribution in [0.4, 0.5) is 10.1 Å². The fourth-order valence-corrected chi connectivity index (χ4v) is 4.33. The number of amides is 1. The summed E-state index contributed by atoms with van der Waals surface area (Å²) < 4.78 is 15.2. The van der Waals surface area contributed by atoms with Gasteiger partial charge in [0.15, 0.2) is 0 Å². The van der Waals surface area contributed by atoms with E-state index in [1.807, 2.05) is 49.3 Å². The number of carbonyl (C=O) groups is 1. The van der Waals surface area contributed by atoms with E-state index in [0.29, 0.717) is 18.9 Å². The molecule has 32 heavy (non-hydrogen) atoms.